The monoisotopic (exact) mass is 160 g/mol. The second-order valence-corrected chi connectivity index (χ2v) is 2.64. The number of hydrogen-bond acceptors (Lipinski definition) is 5. The molecule has 0 aromatic heterocycles. The van der Waals surface area contributed by atoms with Gasteiger partial charge in [-0.05, 0) is 11.9 Å². The molecule has 0 spiro atoms. The van der Waals surface area contributed by atoms with Gasteiger partial charge < -0.3 is 9.47 Å². The molecular formula is C5H8N2O2S. The van der Waals surface area contributed by atoms with Crippen LogP contribution < -0.4 is 4.83 Å². The van der Waals surface area contributed by atoms with E-state index in [0.29, 0.717) is 13.2 Å². The van der Waals surface area contributed by atoms with Crippen molar-refractivity contribution in [3.05, 3.63) is 11.6 Å². The summed E-state index contributed by atoms with van der Waals surface area (Å²) in [5.74, 6) is 0. The van der Waals surface area contributed by atoms with E-state index in [0.717, 1.165) is 0 Å². The molecule has 0 bridgehead atoms. The summed E-state index contributed by atoms with van der Waals surface area (Å²) in [6, 6.07) is 0. The summed E-state index contributed by atoms with van der Waals surface area (Å²) in [5.41, 5.74) is 0. The van der Waals surface area contributed by atoms with E-state index in [1.807, 2.05) is 11.6 Å². The summed E-state index contributed by atoms with van der Waals surface area (Å²) in [6.07, 6.45) is 1.66. The largest absolute Gasteiger partial charge is 0.332 e. The first-order chi connectivity index (χ1) is 4.97. The van der Waals surface area contributed by atoms with Crippen LogP contribution in [-0.2, 0) is 9.47 Å². The van der Waals surface area contributed by atoms with Gasteiger partial charge in [0.1, 0.15) is 0 Å². The first-order valence-electron chi connectivity index (χ1n) is 3.06. The predicted octanol–water partition coefficient (Wildman–Crippen LogP) is 0.256. The minimum atomic E-state index is -0.230. The summed E-state index contributed by atoms with van der Waals surface area (Å²) in [5, 5.41) is 3.72. The Morgan fingerprint density at radius 3 is 2.90 bits per heavy atom. The van der Waals surface area contributed by atoms with E-state index in [1.54, 1.807) is 5.01 Å². The summed E-state index contributed by atoms with van der Waals surface area (Å²) < 4.78 is 10.4. The van der Waals surface area contributed by atoms with Gasteiger partial charge in [-0.3, -0.25) is 5.01 Å². The van der Waals surface area contributed by atoms with E-state index in [4.69, 9.17) is 9.47 Å². The molecule has 0 aliphatic carbocycles. The van der Waals surface area contributed by atoms with E-state index in [1.165, 1.54) is 11.9 Å². The lowest BCUT2D eigenvalue weighted by molar-refractivity contribution is -0.139. The van der Waals surface area contributed by atoms with Gasteiger partial charge in [0.2, 0.25) is 0 Å². The summed E-state index contributed by atoms with van der Waals surface area (Å²) >= 11 is 1.50. The van der Waals surface area contributed by atoms with Crippen molar-refractivity contribution < 1.29 is 9.47 Å². The Hall–Kier alpha value is -0.230. The summed E-state index contributed by atoms with van der Waals surface area (Å²) in [4.78, 5) is 2.99. The number of hydrazine groups is 1. The molecule has 0 unspecified atom stereocenters. The first-order valence-corrected chi connectivity index (χ1v) is 3.94. The third-order valence-electron chi connectivity index (χ3n) is 1.28. The van der Waals surface area contributed by atoms with Crippen LogP contribution in [0, 0.1) is 0 Å². The second-order valence-electron chi connectivity index (χ2n) is 1.95. The molecule has 2 rings (SSSR count). The lowest BCUT2D eigenvalue weighted by atomic mass is 10.8. The molecule has 0 saturated carbocycles. The molecule has 2 heterocycles. The molecular weight excluding hydrogens is 152 g/mol. The van der Waals surface area contributed by atoms with Gasteiger partial charge in [0.25, 0.3) is 6.41 Å². The second kappa shape index (κ2) is 2.79. The Morgan fingerprint density at radius 2 is 2.30 bits per heavy atom. The molecule has 10 heavy (non-hydrogen) atoms. The Balaban J connectivity index is 1.91. The fourth-order valence-corrected chi connectivity index (χ4v) is 1.36. The van der Waals surface area contributed by atoms with Crippen molar-refractivity contribution in [1.29, 1.82) is 0 Å². The molecule has 0 aromatic rings. The van der Waals surface area contributed by atoms with E-state index in [2.05, 4.69) is 4.83 Å². The molecule has 0 atom stereocenters. The van der Waals surface area contributed by atoms with Gasteiger partial charge in [0, 0.05) is 11.6 Å². The maximum atomic E-state index is 5.21. The van der Waals surface area contributed by atoms with Crippen LogP contribution in [0.2, 0.25) is 0 Å². The van der Waals surface area contributed by atoms with Crippen LogP contribution >= 0.6 is 11.9 Å². The molecule has 0 aromatic carbocycles. The fourth-order valence-electron chi connectivity index (χ4n) is 0.838. The SMILES string of the molecule is C1=CN(C2OCCO2)NS1. The molecule has 1 saturated heterocycles. The van der Waals surface area contributed by atoms with Crippen molar-refractivity contribution in [3.8, 4) is 0 Å². The first kappa shape index (κ1) is 6.48. The quantitative estimate of drug-likeness (QED) is 0.556. The summed E-state index contributed by atoms with van der Waals surface area (Å²) in [6.45, 7) is 1.36. The lowest BCUT2D eigenvalue weighted by Crippen LogP contribution is -2.36. The third kappa shape index (κ3) is 1.13. The Labute approximate surface area is 63.3 Å². The van der Waals surface area contributed by atoms with Crippen molar-refractivity contribution in [2.75, 3.05) is 13.2 Å². The van der Waals surface area contributed by atoms with E-state index >= 15 is 0 Å². The van der Waals surface area contributed by atoms with Gasteiger partial charge in [-0.25, -0.2) is 0 Å². The minimum absolute atomic E-state index is 0.230. The molecule has 5 heteroatoms. The van der Waals surface area contributed by atoms with Gasteiger partial charge in [-0.1, -0.05) is 0 Å². The number of nitrogens with one attached hydrogen (secondary N) is 1. The lowest BCUT2D eigenvalue weighted by Gasteiger charge is -2.20. The standard InChI is InChI=1S/C5H8N2O2S/c1-4-10-6-7(1)5-8-2-3-9-5/h1,4-6H,2-3H2. The van der Waals surface area contributed by atoms with Gasteiger partial charge in [-0.2, -0.15) is 4.83 Å². The van der Waals surface area contributed by atoms with Crippen molar-refractivity contribution in [2.45, 2.75) is 6.41 Å². The fraction of sp³-hybridized carbons (Fsp3) is 0.600. The maximum Gasteiger partial charge on any atom is 0.254 e. The van der Waals surface area contributed by atoms with E-state index in [9.17, 15) is 0 Å². The normalized spacial score (nSPS) is 26.6. The molecule has 56 valence electrons. The Kier molecular flexibility index (Phi) is 1.81. The molecule has 2 aliphatic heterocycles. The topological polar surface area (TPSA) is 33.7 Å². The van der Waals surface area contributed by atoms with Gasteiger partial charge in [0.15, 0.2) is 0 Å². The zero-order valence-corrected chi connectivity index (χ0v) is 6.13. The van der Waals surface area contributed by atoms with Crippen molar-refractivity contribution in [1.82, 2.24) is 9.84 Å². The smallest absolute Gasteiger partial charge is 0.254 e. The van der Waals surface area contributed by atoms with Gasteiger partial charge in [0.05, 0.1) is 13.2 Å². The average Bonchev–Trinajstić information content (AvgIpc) is 2.59. The zero-order valence-electron chi connectivity index (χ0n) is 5.32. The van der Waals surface area contributed by atoms with Crippen LogP contribution in [-0.4, -0.2) is 24.6 Å². The third-order valence-corrected chi connectivity index (χ3v) is 1.85. The Morgan fingerprint density at radius 1 is 1.50 bits per heavy atom. The number of nitrogens with zero attached hydrogens (tertiary/aromatic N) is 1. The number of ether oxygens (including phenoxy) is 2. The molecule has 1 N–H and O–H groups in total. The molecule has 0 radical (unpaired) electrons. The molecule has 4 nitrogen and oxygen atoms in total. The predicted molar refractivity (Wildman–Crippen MR) is 37.4 cm³/mol. The van der Waals surface area contributed by atoms with Crippen molar-refractivity contribution >= 4 is 11.9 Å². The van der Waals surface area contributed by atoms with E-state index in [-0.39, 0.29) is 6.41 Å². The van der Waals surface area contributed by atoms with Crippen LogP contribution in [0.5, 0.6) is 0 Å². The highest BCUT2D eigenvalue weighted by atomic mass is 32.2. The molecule has 2 aliphatic rings. The minimum Gasteiger partial charge on any atom is -0.332 e. The van der Waals surface area contributed by atoms with Crippen LogP contribution in [0.3, 0.4) is 0 Å². The zero-order chi connectivity index (χ0) is 6.81. The highest BCUT2D eigenvalue weighted by Gasteiger charge is 2.23. The summed E-state index contributed by atoms with van der Waals surface area (Å²) in [7, 11) is 0. The highest BCUT2D eigenvalue weighted by molar-refractivity contribution is 8.00. The van der Waals surface area contributed by atoms with E-state index < -0.39 is 0 Å². The number of rotatable bonds is 1. The Bertz CT molecular complexity index is 147. The highest BCUT2D eigenvalue weighted by Crippen LogP contribution is 2.15. The van der Waals surface area contributed by atoms with Crippen LogP contribution in [0.15, 0.2) is 11.6 Å². The number of hydrogen-bond donors (Lipinski definition) is 1. The van der Waals surface area contributed by atoms with Gasteiger partial charge in [-0.15, -0.1) is 0 Å². The molecule has 0 amide bonds. The van der Waals surface area contributed by atoms with Crippen LogP contribution in [0.4, 0.5) is 0 Å². The van der Waals surface area contributed by atoms with Crippen LogP contribution in [0.25, 0.3) is 0 Å². The van der Waals surface area contributed by atoms with Gasteiger partial charge >= 0.3 is 0 Å². The maximum absolute atomic E-state index is 5.21. The van der Waals surface area contributed by atoms with Crippen LogP contribution in [0.1, 0.15) is 0 Å². The van der Waals surface area contributed by atoms with Crippen molar-refractivity contribution in [2.24, 2.45) is 0 Å². The average molecular weight is 160 g/mol. The van der Waals surface area contributed by atoms with Crippen molar-refractivity contribution in [3.63, 3.8) is 0 Å². The molecule has 1 fully saturated rings.